The fraction of sp³-hybridized carbons (Fsp3) is 0.417. The van der Waals surface area contributed by atoms with E-state index in [0.717, 1.165) is 5.76 Å². The summed E-state index contributed by atoms with van der Waals surface area (Å²) in [7, 11) is -3.68. The van der Waals surface area contributed by atoms with Crippen LogP contribution in [0.15, 0.2) is 33.9 Å². The molecule has 0 aliphatic carbocycles. The predicted molar refractivity (Wildman–Crippen MR) is 74.5 cm³/mol. The molecular weight excluding hydrogens is 280 g/mol. The van der Waals surface area contributed by atoms with E-state index in [-0.39, 0.29) is 16.8 Å². The van der Waals surface area contributed by atoms with Crippen molar-refractivity contribution >= 4 is 15.8 Å². The van der Waals surface area contributed by atoms with Crippen molar-refractivity contribution in [2.45, 2.75) is 37.8 Å². The van der Waals surface area contributed by atoms with Crippen molar-refractivity contribution in [2.75, 3.05) is 5.73 Å². The van der Waals surface area contributed by atoms with E-state index in [0.29, 0.717) is 13.0 Å². The molecule has 110 valence electrons. The molecule has 1 atom stereocenters. The molecule has 20 heavy (non-hydrogen) atoms. The van der Waals surface area contributed by atoms with Crippen molar-refractivity contribution in [1.29, 1.82) is 0 Å². The molecule has 8 heteroatoms. The summed E-state index contributed by atoms with van der Waals surface area (Å²) in [5.74, 6) is 0.724. The quantitative estimate of drug-likeness (QED) is 0.827. The van der Waals surface area contributed by atoms with Crippen molar-refractivity contribution < 1.29 is 12.8 Å². The second-order valence-electron chi connectivity index (χ2n) is 4.54. The summed E-state index contributed by atoms with van der Waals surface area (Å²) >= 11 is 0. The highest BCUT2D eigenvalue weighted by Crippen LogP contribution is 2.17. The number of rotatable bonds is 6. The lowest BCUT2D eigenvalue weighted by molar-refractivity contribution is 0.479. The maximum absolute atomic E-state index is 12.2. The van der Waals surface area contributed by atoms with Gasteiger partial charge in [0.2, 0.25) is 10.0 Å². The van der Waals surface area contributed by atoms with Crippen LogP contribution in [0.1, 0.15) is 19.6 Å². The largest absolute Gasteiger partial charge is 0.469 e. The second kappa shape index (κ2) is 5.68. The van der Waals surface area contributed by atoms with E-state index in [2.05, 4.69) is 9.82 Å². The Balaban J connectivity index is 2.12. The molecule has 0 fully saturated rings. The van der Waals surface area contributed by atoms with Gasteiger partial charge in [0.25, 0.3) is 0 Å². The maximum Gasteiger partial charge on any atom is 0.246 e. The van der Waals surface area contributed by atoms with Gasteiger partial charge in [-0.2, -0.15) is 5.10 Å². The fourth-order valence-electron chi connectivity index (χ4n) is 1.89. The molecule has 2 aromatic rings. The number of hydrogen-bond acceptors (Lipinski definition) is 5. The first-order chi connectivity index (χ1) is 9.42. The van der Waals surface area contributed by atoms with Crippen molar-refractivity contribution in [3.05, 3.63) is 30.4 Å². The first-order valence-corrected chi connectivity index (χ1v) is 7.78. The van der Waals surface area contributed by atoms with E-state index < -0.39 is 10.0 Å². The number of aryl methyl sites for hydroxylation is 1. The van der Waals surface area contributed by atoms with E-state index in [1.54, 1.807) is 25.3 Å². The molecule has 1 unspecified atom stereocenters. The van der Waals surface area contributed by atoms with Crippen LogP contribution in [-0.2, 0) is 23.0 Å². The van der Waals surface area contributed by atoms with Crippen molar-refractivity contribution in [1.82, 2.24) is 14.5 Å². The number of anilines is 1. The molecule has 3 N–H and O–H groups in total. The van der Waals surface area contributed by atoms with Crippen LogP contribution >= 0.6 is 0 Å². The van der Waals surface area contributed by atoms with Gasteiger partial charge in [-0.1, -0.05) is 0 Å². The average molecular weight is 298 g/mol. The highest BCUT2D eigenvalue weighted by molar-refractivity contribution is 7.89. The Morgan fingerprint density at radius 3 is 2.85 bits per heavy atom. The van der Waals surface area contributed by atoms with Crippen LogP contribution in [-0.4, -0.2) is 24.2 Å². The van der Waals surface area contributed by atoms with E-state index in [4.69, 9.17) is 10.2 Å². The smallest absolute Gasteiger partial charge is 0.246 e. The van der Waals surface area contributed by atoms with Gasteiger partial charge in [0.1, 0.15) is 10.7 Å². The van der Waals surface area contributed by atoms with Crippen molar-refractivity contribution in [2.24, 2.45) is 0 Å². The SMILES string of the molecule is CCn1cc(S(=O)(=O)NC(C)Cc2ccco2)c(N)n1. The van der Waals surface area contributed by atoms with Gasteiger partial charge < -0.3 is 10.2 Å². The number of hydrogen-bond donors (Lipinski definition) is 2. The zero-order chi connectivity index (χ0) is 14.8. The molecule has 2 rings (SSSR count). The minimum Gasteiger partial charge on any atom is -0.469 e. The third-order valence-electron chi connectivity index (χ3n) is 2.81. The monoisotopic (exact) mass is 298 g/mol. The summed E-state index contributed by atoms with van der Waals surface area (Å²) < 4.78 is 33.7. The topological polar surface area (TPSA) is 103 Å². The summed E-state index contributed by atoms with van der Waals surface area (Å²) in [6, 6.07) is 3.25. The van der Waals surface area contributed by atoms with Gasteiger partial charge in [-0.15, -0.1) is 0 Å². The molecule has 0 aliphatic rings. The number of sulfonamides is 1. The lowest BCUT2D eigenvalue weighted by atomic mass is 10.2. The van der Waals surface area contributed by atoms with Crippen LogP contribution in [0.5, 0.6) is 0 Å². The first kappa shape index (κ1) is 14.6. The van der Waals surface area contributed by atoms with Crippen LogP contribution in [0.2, 0.25) is 0 Å². The van der Waals surface area contributed by atoms with Gasteiger partial charge in [-0.3, -0.25) is 4.68 Å². The molecule has 0 saturated carbocycles. The average Bonchev–Trinajstić information content (AvgIpc) is 2.97. The molecule has 7 nitrogen and oxygen atoms in total. The number of aromatic nitrogens is 2. The number of nitrogens with zero attached hydrogens (tertiary/aromatic N) is 2. The molecule has 0 amide bonds. The Morgan fingerprint density at radius 2 is 2.30 bits per heavy atom. The molecule has 0 bridgehead atoms. The van der Waals surface area contributed by atoms with Crippen molar-refractivity contribution in [3.63, 3.8) is 0 Å². The molecular formula is C12H18N4O3S. The molecule has 0 aromatic carbocycles. The summed E-state index contributed by atoms with van der Waals surface area (Å²) in [4.78, 5) is 0.00523. The second-order valence-corrected chi connectivity index (χ2v) is 6.22. The lowest BCUT2D eigenvalue weighted by Crippen LogP contribution is -2.34. The van der Waals surface area contributed by atoms with Crippen LogP contribution < -0.4 is 10.5 Å². The fourth-order valence-corrected chi connectivity index (χ4v) is 3.20. The predicted octanol–water partition coefficient (Wildman–Crippen LogP) is 0.988. The van der Waals surface area contributed by atoms with E-state index in [1.165, 1.54) is 10.9 Å². The first-order valence-electron chi connectivity index (χ1n) is 6.30. The Bertz CT molecular complexity index is 661. The number of nitrogens with two attached hydrogens (primary N) is 1. The standard InChI is InChI=1S/C12H18N4O3S/c1-3-16-8-11(12(13)14-16)20(17,18)15-9(2)7-10-5-4-6-19-10/h4-6,8-9,15H,3,7H2,1-2H3,(H2,13,14). The van der Waals surface area contributed by atoms with Gasteiger partial charge in [-0.25, -0.2) is 13.1 Å². The van der Waals surface area contributed by atoms with E-state index in [9.17, 15) is 8.42 Å². The summed E-state index contributed by atoms with van der Waals surface area (Å²) in [6.45, 7) is 4.18. The summed E-state index contributed by atoms with van der Waals surface area (Å²) in [5, 5.41) is 3.94. The van der Waals surface area contributed by atoms with Crippen LogP contribution in [0, 0.1) is 0 Å². The summed E-state index contributed by atoms with van der Waals surface area (Å²) in [5.41, 5.74) is 5.65. The Hall–Kier alpha value is -1.80. The lowest BCUT2D eigenvalue weighted by Gasteiger charge is -2.12. The molecule has 0 saturated heterocycles. The van der Waals surface area contributed by atoms with Crippen LogP contribution in [0.25, 0.3) is 0 Å². The Morgan fingerprint density at radius 1 is 1.55 bits per heavy atom. The van der Waals surface area contributed by atoms with Gasteiger partial charge >= 0.3 is 0 Å². The van der Waals surface area contributed by atoms with Gasteiger partial charge in [0, 0.05) is 25.2 Å². The summed E-state index contributed by atoms with van der Waals surface area (Å²) in [6.07, 6.45) is 3.45. The van der Waals surface area contributed by atoms with Gasteiger partial charge in [0.05, 0.1) is 6.26 Å². The van der Waals surface area contributed by atoms with Crippen molar-refractivity contribution in [3.8, 4) is 0 Å². The van der Waals surface area contributed by atoms with Gasteiger partial charge in [-0.05, 0) is 26.0 Å². The zero-order valence-corrected chi connectivity index (χ0v) is 12.2. The van der Waals surface area contributed by atoms with E-state index in [1.807, 2.05) is 6.92 Å². The third-order valence-corrected chi connectivity index (χ3v) is 4.42. The maximum atomic E-state index is 12.2. The van der Waals surface area contributed by atoms with Crippen LogP contribution in [0.4, 0.5) is 5.82 Å². The zero-order valence-electron chi connectivity index (χ0n) is 11.4. The normalized spacial score (nSPS) is 13.5. The highest BCUT2D eigenvalue weighted by Gasteiger charge is 2.23. The molecule has 0 aliphatic heterocycles. The minimum absolute atomic E-state index is 0.00421. The van der Waals surface area contributed by atoms with E-state index >= 15 is 0 Å². The Kier molecular flexibility index (Phi) is 4.15. The molecule has 2 aromatic heterocycles. The number of nitrogens with one attached hydrogen (secondary N) is 1. The van der Waals surface area contributed by atoms with Gasteiger partial charge in [0.15, 0.2) is 5.82 Å². The molecule has 0 spiro atoms. The number of furan rings is 1. The number of nitrogen functional groups attached to an aromatic ring is 1. The molecule has 0 radical (unpaired) electrons. The Labute approximate surface area is 117 Å². The molecule has 2 heterocycles. The van der Waals surface area contributed by atoms with Crippen LogP contribution in [0.3, 0.4) is 0 Å². The highest BCUT2D eigenvalue weighted by atomic mass is 32.2. The minimum atomic E-state index is -3.68. The third kappa shape index (κ3) is 3.20.